The minimum absolute atomic E-state index is 0.242. The van der Waals surface area contributed by atoms with Gasteiger partial charge in [-0.3, -0.25) is 0 Å². The van der Waals surface area contributed by atoms with E-state index in [4.69, 9.17) is 9.47 Å². The Morgan fingerprint density at radius 3 is 2.75 bits per heavy atom. The van der Waals surface area contributed by atoms with E-state index in [1.807, 2.05) is 24.3 Å². The molecule has 0 spiro atoms. The first-order valence-electron chi connectivity index (χ1n) is 9.10. The molecule has 1 aromatic carbocycles. The topological polar surface area (TPSA) is 40.0 Å². The largest absolute Gasteiger partial charge is 0.497 e. The van der Waals surface area contributed by atoms with Crippen molar-refractivity contribution in [2.45, 2.75) is 38.1 Å². The summed E-state index contributed by atoms with van der Waals surface area (Å²) in [6.45, 7) is 3.17. The predicted octanol–water partition coefficient (Wildman–Crippen LogP) is 2.10. The molecule has 130 valence electrons. The second-order valence-corrected chi connectivity index (χ2v) is 6.90. The number of carbonyl (C=O) groups excluding carboxylic acids is 1. The van der Waals surface area contributed by atoms with Crippen LogP contribution in [0, 0.1) is 5.92 Å². The summed E-state index contributed by atoms with van der Waals surface area (Å²) in [5.74, 6) is 1.10. The van der Waals surface area contributed by atoms with Crippen LogP contribution in [-0.4, -0.2) is 38.8 Å². The van der Waals surface area contributed by atoms with E-state index < -0.39 is 0 Å². The van der Waals surface area contributed by atoms with Crippen LogP contribution in [0.5, 0.6) is 5.75 Å². The summed E-state index contributed by atoms with van der Waals surface area (Å²) in [5.41, 5.74) is 0.966. The van der Waals surface area contributed by atoms with Crippen LogP contribution in [0.2, 0.25) is 0 Å². The number of piperidine rings is 2. The molecule has 0 amide bonds. The van der Waals surface area contributed by atoms with Gasteiger partial charge in [-0.25, -0.2) is 4.79 Å². The number of hydrogen-bond donors (Lipinski definition) is 1. The van der Waals surface area contributed by atoms with Gasteiger partial charge < -0.3 is 14.4 Å². The zero-order valence-electron chi connectivity index (χ0n) is 14.5. The minimum Gasteiger partial charge on any atom is -0.497 e. The Hall–Kier alpha value is -1.81. The molecular formula is C20H28NO3+. The summed E-state index contributed by atoms with van der Waals surface area (Å²) in [6, 6.07) is 8.31. The van der Waals surface area contributed by atoms with E-state index in [0.717, 1.165) is 11.3 Å². The van der Waals surface area contributed by atoms with Crippen molar-refractivity contribution in [2.75, 3.05) is 26.8 Å². The Labute approximate surface area is 144 Å². The minimum atomic E-state index is -0.242. The van der Waals surface area contributed by atoms with Gasteiger partial charge >= 0.3 is 5.97 Å². The number of hydrogen-bond acceptors (Lipinski definition) is 3. The van der Waals surface area contributed by atoms with Gasteiger partial charge in [-0.05, 0) is 55.9 Å². The van der Waals surface area contributed by atoms with Crippen molar-refractivity contribution in [3.05, 3.63) is 35.9 Å². The normalized spacial score (nSPS) is 26.8. The third kappa shape index (κ3) is 4.38. The first kappa shape index (κ1) is 17.0. The zero-order chi connectivity index (χ0) is 16.8. The molecule has 2 fully saturated rings. The summed E-state index contributed by atoms with van der Waals surface area (Å²) in [4.78, 5) is 13.7. The lowest BCUT2D eigenvalue weighted by atomic mass is 9.84. The number of ether oxygens (including phenoxy) is 2. The molecular weight excluding hydrogens is 302 g/mol. The van der Waals surface area contributed by atoms with Crippen molar-refractivity contribution in [3.63, 3.8) is 0 Å². The molecule has 0 radical (unpaired) electrons. The maximum absolute atomic E-state index is 12.0. The van der Waals surface area contributed by atoms with Gasteiger partial charge in [0.05, 0.1) is 26.2 Å². The van der Waals surface area contributed by atoms with Crippen LogP contribution in [0.3, 0.4) is 0 Å². The van der Waals surface area contributed by atoms with Gasteiger partial charge in [0.15, 0.2) is 0 Å². The molecule has 2 aliphatic heterocycles. The van der Waals surface area contributed by atoms with E-state index in [0.29, 0.717) is 18.6 Å². The molecule has 0 aliphatic carbocycles. The van der Waals surface area contributed by atoms with Gasteiger partial charge in [0.25, 0.3) is 0 Å². The Balaban J connectivity index is 1.48. The van der Waals surface area contributed by atoms with Crippen LogP contribution in [0.15, 0.2) is 30.3 Å². The lowest BCUT2D eigenvalue weighted by molar-refractivity contribution is -0.940. The third-order valence-corrected chi connectivity index (χ3v) is 5.40. The highest BCUT2D eigenvalue weighted by Gasteiger charge is 2.36. The van der Waals surface area contributed by atoms with Crippen molar-refractivity contribution in [3.8, 4) is 5.75 Å². The molecule has 3 atom stereocenters. The van der Waals surface area contributed by atoms with Crippen molar-refractivity contribution in [1.82, 2.24) is 0 Å². The fourth-order valence-electron chi connectivity index (χ4n) is 4.09. The van der Waals surface area contributed by atoms with Gasteiger partial charge in [-0.2, -0.15) is 0 Å². The Morgan fingerprint density at radius 1 is 1.17 bits per heavy atom. The highest BCUT2D eigenvalue weighted by molar-refractivity contribution is 5.87. The second kappa shape index (κ2) is 8.34. The molecule has 1 aromatic rings. The molecule has 4 heteroatoms. The molecule has 2 saturated heterocycles. The maximum atomic E-state index is 12.0. The summed E-state index contributed by atoms with van der Waals surface area (Å²) in [7, 11) is 1.64. The SMILES string of the molecule is COc1ccc(/C=C/C(=O)OC[C@H]2CCC[NH+]3CCCC[C@H]23)cc1. The summed E-state index contributed by atoms with van der Waals surface area (Å²) in [5, 5.41) is 0. The van der Waals surface area contributed by atoms with Crippen molar-refractivity contribution in [1.29, 1.82) is 0 Å². The lowest BCUT2D eigenvalue weighted by Crippen LogP contribution is -3.18. The number of fused-ring (bicyclic) bond motifs is 1. The first-order chi connectivity index (χ1) is 11.8. The number of esters is 1. The van der Waals surface area contributed by atoms with Gasteiger partial charge in [-0.1, -0.05) is 12.1 Å². The van der Waals surface area contributed by atoms with Gasteiger partial charge in [0.2, 0.25) is 0 Å². The highest BCUT2D eigenvalue weighted by Crippen LogP contribution is 2.20. The van der Waals surface area contributed by atoms with Gasteiger partial charge in [-0.15, -0.1) is 0 Å². The number of rotatable bonds is 5. The molecule has 4 nitrogen and oxygen atoms in total. The number of methoxy groups -OCH3 is 1. The van der Waals surface area contributed by atoms with Crippen LogP contribution in [-0.2, 0) is 9.53 Å². The number of carbonyl (C=O) groups is 1. The zero-order valence-corrected chi connectivity index (χ0v) is 14.5. The molecule has 1 N–H and O–H groups in total. The molecule has 0 saturated carbocycles. The van der Waals surface area contributed by atoms with Crippen LogP contribution in [0.4, 0.5) is 0 Å². The number of quaternary nitrogens is 1. The lowest BCUT2D eigenvalue weighted by Gasteiger charge is -2.40. The maximum Gasteiger partial charge on any atom is 0.330 e. The Bertz CT molecular complexity index is 565. The van der Waals surface area contributed by atoms with Crippen molar-refractivity contribution >= 4 is 12.0 Å². The van der Waals surface area contributed by atoms with Crippen LogP contribution in [0.1, 0.15) is 37.7 Å². The van der Waals surface area contributed by atoms with E-state index in [9.17, 15) is 4.79 Å². The molecule has 0 aromatic heterocycles. The Morgan fingerprint density at radius 2 is 1.96 bits per heavy atom. The second-order valence-electron chi connectivity index (χ2n) is 6.90. The summed E-state index contributed by atoms with van der Waals surface area (Å²) >= 11 is 0. The van der Waals surface area contributed by atoms with Crippen LogP contribution < -0.4 is 9.64 Å². The number of nitrogens with one attached hydrogen (secondary N) is 1. The van der Waals surface area contributed by atoms with Crippen LogP contribution in [0.25, 0.3) is 6.08 Å². The first-order valence-corrected chi connectivity index (χ1v) is 9.10. The molecule has 0 bridgehead atoms. The smallest absolute Gasteiger partial charge is 0.330 e. The molecule has 2 heterocycles. The monoisotopic (exact) mass is 330 g/mol. The van der Waals surface area contributed by atoms with Crippen molar-refractivity contribution < 1.29 is 19.2 Å². The average Bonchev–Trinajstić information content (AvgIpc) is 2.65. The predicted molar refractivity (Wildman–Crippen MR) is 94.0 cm³/mol. The number of benzene rings is 1. The quantitative estimate of drug-likeness (QED) is 0.664. The van der Waals surface area contributed by atoms with E-state index in [1.165, 1.54) is 51.3 Å². The van der Waals surface area contributed by atoms with E-state index in [2.05, 4.69) is 0 Å². The highest BCUT2D eigenvalue weighted by atomic mass is 16.5. The van der Waals surface area contributed by atoms with E-state index in [-0.39, 0.29) is 5.97 Å². The van der Waals surface area contributed by atoms with Gasteiger partial charge in [0, 0.05) is 12.0 Å². The van der Waals surface area contributed by atoms with Crippen molar-refractivity contribution in [2.24, 2.45) is 5.92 Å². The van der Waals surface area contributed by atoms with Gasteiger partial charge in [0.1, 0.15) is 12.4 Å². The fourth-order valence-corrected chi connectivity index (χ4v) is 4.09. The molecule has 3 rings (SSSR count). The standard InChI is InChI=1S/C20H27NO3/c1-23-18-10-7-16(8-11-18)9-12-20(22)24-15-17-5-4-14-21-13-3-2-6-19(17)21/h7-12,17,19H,2-6,13-15H2,1H3/p+1/b12-9+/t17-,19-/m1/s1. The van der Waals surface area contributed by atoms with E-state index >= 15 is 0 Å². The third-order valence-electron chi connectivity index (χ3n) is 5.40. The molecule has 2 aliphatic rings. The summed E-state index contributed by atoms with van der Waals surface area (Å²) < 4.78 is 10.7. The van der Waals surface area contributed by atoms with E-state index in [1.54, 1.807) is 18.1 Å². The molecule has 1 unspecified atom stereocenters. The van der Waals surface area contributed by atoms with Crippen LogP contribution >= 0.6 is 0 Å². The summed E-state index contributed by atoms with van der Waals surface area (Å²) in [6.07, 6.45) is 9.74. The fraction of sp³-hybridized carbons (Fsp3) is 0.550. The average molecular weight is 330 g/mol. The Kier molecular flexibility index (Phi) is 5.91. The molecule has 24 heavy (non-hydrogen) atoms.